The second kappa shape index (κ2) is 5.32. The number of thiazole rings is 1. The van der Waals surface area contributed by atoms with Gasteiger partial charge in [0.05, 0.1) is 23.9 Å². The molecule has 0 aliphatic carbocycles. The monoisotopic (exact) mass is 200 g/mol. The Bertz CT molecular complexity index is 226. The number of aliphatic hydroxyl groups is 1. The average Bonchev–Trinajstić information content (AvgIpc) is 2.66. The SMILES string of the molecule is CCC(C)NC(CO)c1cscn1. The van der Waals surface area contributed by atoms with Crippen molar-refractivity contribution in [2.45, 2.75) is 32.4 Å². The van der Waals surface area contributed by atoms with Gasteiger partial charge in [-0.2, -0.15) is 0 Å². The number of nitrogens with zero attached hydrogens (tertiary/aromatic N) is 1. The Morgan fingerprint density at radius 1 is 1.69 bits per heavy atom. The van der Waals surface area contributed by atoms with Gasteiger partial charge in [0.1, 0.15) is 0 Å². The predicted octanol–water partition coefficient (Wildman–Crippen LogP) is 1.56. The van der Waals surface area contributed by atoms with Crippen LogP contribution >= 0.6 is 11.3 Å². The first-order valence-electron chi connectivity index (χ1n) is 4.53. The summed E-state index contributed by atoms with van der Waals surface area (Å²) in [7, 11) is 0. The number of aromatic nitrogens is 1. The minimum absolute atomic E-state index is 0.0128. The fourth-order valence-electron chi connectivity index (χ4n) is 1.09. The first-order valence-corrected chi connectivity index (χ1v) is 5.47. The van der Waals surface area contributed by atoms with Gasteiger partial charge in [0.15, 0.2) is 0 Å². The zero-order chi connectivity index (χ0) is 9.68. The third-order valence-corrected chi connectivity index (χ3v) is 2.69. The van der Waals surface area contributed by atoms with Crippen molar-refractivity contribution in [2.24, 2.45) is 0 Å². The summed E-state index contributed by atoms with van der Waals surface area (Å²) in [4.78, 5) is 4.17. The molecule has 1 aromatic rings. The summed E-state index contributed by atoms with van der Waals surface area (Å²) in [6.07, 6.45) is 1.06. The molecule has 0 saturated carbocycles. The quantitative estimate of drug-likeness (QED) is 0.758. The molecule has 0 spiro atoms. The number of aliphatic hydroxyl groups excluding tert-OH is 1. The van der Waals surface area contributed by atoms with E-state index >= 15 is 0 Å². The lowest BCUT2D eigenvalue weighted by molar-refractivity contribution is 0.232. The van der Waals surface area contributed by atoms with E-state index in [0.29, 0.717) is 6.04 Å². The van der Waals surface area contributed by atoms with E-state index in [0.717, 1.165) is 12.1 Å². The molecule has 2 N–H and O–H groups in total. The summed E-state index contributed by atoms with van der Waals surface area (Å²) < 4.78 is 0. The summed E-state index contributed by atoms with van der Waals surface area (Å²) in [5.41, 5.74) is 2.73. The van der Waals surface area contributed by atoms with Gasteiger partial charge in [-0.15, -0.1) is 11.3 Å². The van der Waals surface area contributed by atoms with Crippen LogP contribution in [0.15, 0.2) is 10.9 Å². The summed E-state index contributed by atoms with van der Waals surface area (Å²) in [6.45, 7) is 4.33. The van der Waals surface area contributed by atoms with Crippen molar-refractivity contribution in [3.63, 3.8) is 0 Å². The molecule has 2 unspecified atom stereocenters. The molecule has 1 heterocycles. The van der Waals surface area contributed by atoms with Crippen LogP contribution in [-0.2, 0) is 0 Å². The molecule has 1 aromatic heterocycles. The lowest BCUT2D eigenvalue weighted by Gasteiger charge is -2.18. The smallest absolute Gasteiger partial charge is 0.0795 e. The number of nitrogens with one attached hydrogen (secondary N) is 1. The molecule has 4 heteroatoms. The Balaban J connectivity index is 2.53. The Morgan fingerprint density at radius 2 is 2.46 bits per heavy atom. The van der Waals surface area contributed by atoms with Crippen molar-refractivity contribution < 1.29 is 5.11 Å². The van der Waals surface area contributed by atoms with Gasteiger partial charge in [0.25, 0.3) is 0 Å². The summed E-state index contributed by atoms with van der Waals surface area (Å²) in [5.74, 6) is 0. The van der Waals surface area contributed by atoms with Crippen molar-refractivity contribution in [3.05, 3.63) is 16.6 Å². The van der Waals surface area contributed by atoms with E-state index in [1.807, 2.05) is 5.38 Å². The highest BCUT2D eigenvalue weighted by atomic mass is 32.1. The zero-order valence-electron chi connectivity index (χ0n) is 8.03. The predicted molar refractivity (Wildman–Crippen MR) is 54.8 cm³/mol. The number of hydrogen-bond donors (Lipinski definition) is 2. The van der Waals surface area contributed by atoms with Gasteiger partial charge in [-0.05, 0) is 13.3 Å². The second-order valence-corrected chi connectivity index (χ2v) is 3.84. The molecule has 0 aliphatic heterocycles. The summed E-state index contributed by atoms with van der Waals surface area (Å²) in [6, 6.07) is 0.403. The maximum Gasteiger partial charge on any atom is 0.0795 e. The molecule has 0 fully saturated rings. The highest BCUT2D eigenvalue weighted by Crippen LogP contribution is 2.13. The normalized spacial score (nSPS) is 15.6. The minimum atomic E-state index is -0.0128. The molecule has 74 valence electrons. The molecule has 2 atom stereocenters. The highest BCUT2D eigenvalue weighted by molar-refractivity contribution is 7.07. The van der Waals surface area contributed by atoms with Crippen molar-refractivity contribution in [2.75, 3.05) is 6.61 Å². The van der Waals surface area contributed by atoms with Crippen LogP contribution in [0, 0.1) is 0 Å². The maximum absolute atomic E-state index is 9.14. The summed E-state index contributed by atoms with van der Waals surface area (Å²) in [5, 5.41) is 14.4. The van der Waals surface area contributed by atoms with Crippen LogP contribution < -0.4 is 5.32 Å². The minimum Gasteiger partial charge on any atom is -0.394 e. The first-order chi connectivity index (χ1) is 6.27. The van der Waals surface area contributed by atoms with E-state index in [1.165, 1.54) is 0 Å². The van der Waals surface area contributed by atoms with Gasteiger partial charge < -0.3 is 10.4 Å². The van der Waals surface area contributed by atoms with E-state index in [-0.39, 0.29) is 12.6 Å². The molecule has 3 nitrogen and oxygen atoms in total. The van der Waals surface area contributed by atoms with Crippen LogP contribution in [0.1, 0.15) is 32.0 Å². The molecular formula is C9H16N2OS. The van der Waals surface area contributed by atoms with Crippen LogP contribution in [-0.4, -0.2) is 22.7 Å². The lowest BCUT2D eigenvalue weighted by atomic mass is 10.2. The van der Waals surface area contributed by atoms with Gasteiger partial charge in [-0.3, -0.25) is 0 Å². The lowest BCUT2D eigenvalue weighted by Crippen LogP contribution is -2.32. The standard InChI is InChI=1S/C9H16N2OS/c1-3-7(2)11-8(4-12)9-5-13-6-10-9/h5-8,11-12H,3-4H2,1-2H3. The van der Waals surface area contributed by atoms with E-state index in [4.69, 9.17) is 5.11 Å². The van der Waals surface area contributed by atoms with Crippen LogP contribution in [0.2, 0.25) is 0 Å². The van der Waals surface area contributed by atoms with Crippen LogP contribution in [0.3, 0.4) is 0 Å². The Morgan fingerprint density at radius 3 is 2.92 bits per heavy atom. The van der Waals surface area contributed by atoms with Crippen LogP contribution in [0.4, 0.5) is 0 Å². The molecule has 0 aromatic carbocycles. The van der Waals surface area contributed by atoms with Crippen molar-refractivity contribution in [3.8, 4) is 0 Å². The van der Waals surface area contributed by atoms with Crippen LogP contribution in [0.25, 0.3) is 0 Å². The molecule has 1 rings (SSSR count). The third kappa shape index (κ3) is 3.06. The second-order valence-electron chi connectivity index (χ2n) is 3.12. The largest absolute Gasteiger partial charge is 0.394 e. The number of hydrogen-bond acceptors (Lipinski definition) is 4. The molecule has 0 aliphatic rings. The highest BCUT2D eigenvalue weighted by Gasteiger charge is 2.13. The van der Waals surface area contributed by atoms with E-state index in [9.17, 15) is 0 Å². The summed E-state index contributed by atoms with van der Waals surface area (Å²) >= 11 is 1.56. The average molecular weight is 200 g/mol. The van der Waals surface area contributed by atoms with Crippen molar-refractivity contribution >= 4 is 11.3 Å². The van der Waals surface area contributed by atoms with Crippen molar-refractivity contribution in [1.29, 1.82) is 0 Å². The molecular weight excluding hydrogens is 184 g/mol. The fraction of sp³-hybridized carbons (Fsp3) is 0.667. The molecule has 0 radical (unpaired) electrons. The van der Waals surface area contributed by atoms with Gasteiger partial charge in [0, 0.05) is 11.4 Å². The van der Waals surface area contributed by atoms with E-state index < -0.39 is 0 Å². The van der Waals surface area contributed by atoms with Gasteiger partial charge in [-0.25, -0.2) is 4.98 Å². The van der Waals surface area contributed by atoms with Crippen molar-refractivity contribution in [1.82, 2.24) is 10.3 Å². The fourth-order valence-corrected chi connectivity index (χ4v) is 1.69. The Hall–Kier alpha value is -0.450. The van der Waals surface area contributed by atoms with E-state index in [2.05, 4.69) is 24.1 Å². The van der Waals surface area contributed by atoms with Gasteiger partial charge in [-0.1, -0.05) is 6.92 Å². The molecule has 13 heavy (non-hydrogen) atoms. The van der Waals surface area contributed by atoms with E-state index in [1.54, 1.807) is 16.8 Å². The first kappa shape index (κ1) is 10.6. The number of rotatable bonds is 5. The molecule has 0 saturated heterocycles. The maximum atomic E-state index is 9.14. The topological polar surface area (TPSA) is 45.1 Å². The van der Waals surface area contributed by atoms with Gasteiger partial charge >= 0.3 is 0 Å². The molecule has 0 bridgehead atoms. The van der Waals surface area contributed by atoms with Gasteiger partial charge in [0.2, 0.25) is 0 Å². The van der Waals surface area contributed by atoms with Crippen LogP contribution in [0.5, 0.6) is 0 Å². The third-order valence-electron chi connectivity index (χ3n) is 2.09. The zero-order valence-corrected chi connectivity index (χ0v) is 8.84. The Kier molecular flexibility index (Phi) is 4.35. The molecule has 0 amide bonds. The Labute approximate surface area is 82.8 Å².